The number of aromatic nitrogens is 2. The van der Waals surface area contributed by atoms with Gasteiger partial charge in [0, 0.05) is 23.6 Å². The summed E-state index contributed by atoms with van der Waals surface area (Å²) in [6.45, 7) is 8.34. The van der Waals surface area contributed by atoms with E-state index in [-0.39, 0.29) is 5.41 Å². The van der Waals surface area contributed by atoms with Crippen LogP contribution in [-0.2, 0) is 5.41 Å². The van der Waals surface area contributed by atoms with Crippen molar-refractivity contribution in [2.24, 2.45) is 0 Å². The van der Waals surface area contributed by atoms with E-state index in [1.54, 1.807) is 12.5 Å². The van der Waals surface area contributed by atoms with Crippen LogP contribution in [0, 0.1) is 6.92 Å². The highest BCUT2D eigenvalue weighted by Gasteiger charge is 2.21. The summed E-state index contributed by atoms with van der Waals surface area (Å²) in [5.41, 5.74) is 2.86. The standard InChI is InChI=1S/C14H19N3O/c1-9-11(10-6-7-18-8-10)16-13(14(2,3)4)17-12(9)15-5/h6-8H,1-5H3,(H,15,16,17). The summed E-state index contributed by atoms with van der Waals surface area (Å²) < 4.78 is 5.14. The fraction of sp³-hybridized carbons (Fsp3) is 0.429. The predicted octanol–water partition coefficient (Wildman–Crippen LogP) is 3.38. The maximum atomic E-state index is 5.14. The first-order valence-electron chi connectivity index (χ1n) is 6.03. The van der Waals surface area contributed by atoms with Crippen LogP contribution in [0.5, 0.6) is 0 Å². The van der Waals surface area contributed by atoms with Crippen LogP contribution in [0.3, 0.4) is 0 Å². The maximum absolute atomic E-state index is 5.14. The van der Waals surface area contributed by atoms with Gasteiger partial charge < -0.3 is 9.73 Å². The Labute approximate surface area is 107 Å². The molecular weight excluding hydrogens is 226 g/mol. The predicted molar refractivity (Wildman–Crippen MR) is 72.7 cm³/mol. The summed E-state index contributed by atoms with van der Waals surface area (Å²) in [5.74, 6) is 1.69. The average Bonchev–Trinajstić information content (AvgIpc) is 2.81. The molecule has 0 unspecified atom stereocenters. The van der Waals surface area contributed by atoms with Crippen molar-refractivity contribution in [3.8, 4) is 11.3 Å². The molecule has 0 amide bonds. The molecule has 0 fully saturated rings. The minimum atomic E-state index is -0.0855. The first-order chi connectivity index (χ1) is 8.43. The molecule has 1 N–H and O–H groups in total. The summed E-state index contributed by atoms with van der Waals surface area (Å²) >= 11 is 0. The lowest BCUT2D eigenvalue weighted by molar-refractivity contribution is 0.546. The lowest BCUT2D eigenvalue weighted by Gasteiger charge is -2.20. The molecule has 18 heavy (non-hydrogen) atoms. The van der Waals surface area contributed by atoms with E-state index >= 15 is 0 Å². The quantitative estimate of drug-likeness (QED) is 0.881. The van der Waals surface area contributed by atoms with Crippen molar-refractivity contribution in [3.63, 3.8) is 0 Å². The van der Waals surface area contributed by atoms with Gasteiger partial charge in [0.2, 0.25) is 0 Å². The van der Waals surface area contributed by atoms with E-state index in [0.717, 1.165) is 28.5 Å². The van der Waals surface area contributed by atoms with Gasteiger partial charge in [-0.05, 0) is 13.0 Å². The largest absolute Gasteiger partial charge is 0.472 e. The van der Waals surface area contributed by atoms with Crippen LogP contribution in [-0.4, -0.2) is 17.0 Å². The van der Waals surface area contributed by atoms with Crippen LogP contribution in [0.2, 0.25) is 0 Å². The van der Waals surface area contributed by atoms with Crippen LogP contribution < -0.4 is 5.32 Å². The number of furan rings is 1. The Morgan fingerprint density at radius 2 is 1.94 bits per heavy atom. The summed E-state index contributed by atoms with van der Waals surface area (Å²) in [6.07, 6.45) is 3.37. The number of nitrogens with zero attached hydrogens (tertiary/aromatic N) is 2. The van der Waals surface area contributed by atoms with Crippen LogP contribution in [0.4, 0.5) is 5.82 Å². The Kier molecular flexibility index (Phi) is 3.11. The van der Waals surface area contributed by atoms with Gasteiger partial charge in [-0.1, -0.05) is 20.8 Å². The molecule has 0 aromatic carbocycles. The molecular formula is C14H19N3O. The molecule has 0 radical (unpaired) electrons. The van der Waals surface area contributed by atoms with Crippen LogP contribution >= 0.6 is 0 Å². The van der Waals surface area contributed by atoms with E-state index in [1.165, 1.54) is 0 Å². The van der Waals surface area contributed by atoms with Gasteiger partial charge in [0.1, 0.15) is 11.6 Å². The van der Waals surface area contributed by atoms with Gasteiger partial charge in [-0.15, -0.1) is 0 Å². The third-order valence-electron chi connectivity index (χ3n) is 2.85. The Hall–Kier alpha value is -1.84. The van der Waals surface area contributed by atoms with E-state index in [9.17, 15) is 0 Å². The molecule has 0 saturated carbocycles. The summed E-state index contributed by atoms with van der Waals surface area (Å²) in [4.78, 5) is 9.26. The summed E-state index contributed by atoms with van der Waals surface area (Å²) in [6, 6.07) is 1.92. The van der Waals surface area contributed by atoms with Crippen molar-refractivity contribution in [2.45, 2.75) is 33.1 Å². The normalized spacial score (nSPS) is 11.6. The van der Waals surface area contributed by atoms with E-state index in [4.69, 9.17) is 4.42 Å². The fourth-order valence-electron chi connectivity index (χ4n) is 1.78. The molecule has 2 heterocycles. The molecule has 2 aromatic rings. The minimum Gasteiger partial charge on any atom is -0.472 e. The topological polar surface area (TPSA) is 51.0 Å². The van der Waals surface area contributed by atoms with Crippen molar-refractivity contribution in [1.82, 2.24) is 9.97 Å². The van der Waals surface area contributed by atoms with Gasteiger partial charge in [-0.3, -0.25) is 0 Å². The zero-order valence-electron chi connectivity index (χ0n) is 11.5. The molecule has 0 aliphatic heterocycles. The smallest absolute Gasteiger partial charge is 0.136 e. The molecule has 0 aliphatic carbocycles. The number of hydrogen-bond donors (Lipinski definition) is 1. The highest BCUT2D eigenvalue weighted by Crippen LogP contribution is 2.29. The Bertz CT molecular complexity index is 539. The molecule has 0 spiro atoms. The van der Waals surface area contributed by atoms with E-state index < -0.39 is 0 Å². The number of hydrogen-bond acceptors (Lipinski definition) is 4. The van der Waals surface area contributed by atoms with Crippen molar-refractivity contribution < 1.29 is 4.42 Å². The molecule has 4 nitrogen and oxygen atoms in total. The van der Waals surface area contributed by atoms with Crippen LogP contribution in [0.25, 0.3) is 11.3 Å². The lowest BCUT2D eigenvalue weighted by atomic mass is 9.95. The van der Waals surface area contributed by atoms with Gasteiger partial charge in [0.05, 0.1) is 18.2 Å². The summed E-state index contributed by atoms with van der Waals surface area (Å²) in [7, 11) is 1.88. The first-order valence-corrected chi connectivity index (χ1v) is 6.03. The maximum Gasteiger partial charge on any atom is 0.136 e. The molecule has 0 saturated heterocycles. The molecule has 0 aliphatic rings. The molecule has 96 valence electrons. The van der Waals surface area contributed by atoms with E-state index in [2.05, 4.69) is 36.1 Å². The highest BCUT2D eigenvalue weighted by atomic mass is 16.3. The van der Waals surface area contributed by atoms with Gasteiger partial charge >= 0.3 is 0 Å². The van der Waals surface area contributed by atoms with Gasteiger partial charge in [0.15, 0.2) is 0 Å². The van der Waals surface area contributed by atoms with Crippen molar-refractivity contribution >= 4 is 5.82 Å². The van der Waals surface area contributed by atoms with Crippen LogP contribution in [0.15, 0.2) is 23.0 Å². The Balaban J connectivity index is 2.65. The highest BCUT2D eigenvalue weighted by molar-refractivity contribution is 5.67. The second kappa shape index (κ2) is 4.44. The molecule has 0 atom stereocenters. The molecule has 0 bridgehead atoms. The number of rotatable bonds is 2. The molecule has 2 rings (SSSR count). The zero-order valence-corrected chi connectivity index (χ0v) is 11.5. The van der Waals surface area contributed by atoms with Crippen molar-refractivity contribution in [2.75, 3.05) is 12.4 Å². The monoisotopic (exact) mass is 245 g/mol. The zero-order chi connectivity index (χ0) is 13.3. The second-order valence-electron chi connectivity index (χ2n) is 5.38. The number of nitrogens with one attached hydrogen (secondary N) is 1. The van der Waals surface area contributed by atoms with Gasteiger partial charge in [-0.25, -0.2) is 9.97 Å². The first kappa shape index (κ1) is 12.6. The van der Waals surface area contributed by atoms with E-state index in [1.807, 2.05) is 20.0 Å². The number of anilines is 1. The Morgan fingerprint density at radius 1 is 1.22 bits per heavy atom. The second-order valence-corrected chi connectivity index (χ2v) is 5.38. The SMILES string of the molecule is CNc1nc(C(C)(C)C)nc(-c2ccoc2)c1C. The Morgan fingerprint density at radius 3 is 2.44 bits per heavy atom. The van der Waals surface area contributed by atoms with E-state index in [0.29, 0.717) is 0 Å². The third-order valence-corrected chi connectivity index (χ3v) is 2.85. The van der Waals surface area contributed by atoms with Crippen LogP contribution in [0.1, 0.15) is 32.2 Å². The van der Waals surface area contributed by atoms with Crippen molar-refractivity contribution in [3.05, 3.63) is 30.0 Å². The fourth-order valence-corrected chi connectivity index (χ4v) is 1.78. The molecule has 4 heteroatoms. The minimum absolute atomic E-state index is 0.0855. The van der Waals surface area contributed by atoms with Gasteiger partial charge in [0.25, 0.3) is 0 Å². The van der Waals surface area contributed by atoms with Crippen molar-refractivity contribution in [1.29, 1.82) is 0 Å². The third kappa shape index (κ3) is 2.23. The summed E-state index contributed by atoms with van der Waals surface area (Å²) in [5, 5.41) is 3.13. The average molecular weight is 245 g/mol. The lowest BCUT2D eigenvalue weighted by Crippen LogP contribution is -2.18. The molecule has 2 aromatic heterocycles. The van der Waals surface area contributed by atoms with Gasteiger partial charge in [-0.2, -0.15) is 0 Å².